The van der Waals surface area contributed by atoms with Crippen LogP contribution in [0, 0.1) is 0 Å². The number of benzene rings is 2. The summed E-state index contributed by atoms with van der Waals surface area (Å²) in [4.78, 5) is 27.4. The normalized spacial score (nSPS) is 12.5. The first-order valence-electron chi connectivity index (χ1n) is 10.6. The summed E-state index contributed by atoms with van der Waals surface area (Å²) >= 11 is 12.3. The van der Waals surface area contributed by atoms with Crippen molar-refractivity contribution in [3.8, 4) is 17.2 Å². The molecule has 0 unspecified atom stereocenters. The SMILES string of the molecule is CC[C@@H](C)NC(=O)[C@@H](C)N(Cc1ccc(Cl)cc1Cl)C(=O)COc1cc(OC)cc(OC)c1. The van der Waals surface area contributed by atoms with E-state index < -0.39 is 6.04 Å². The number of hydrogen-bond acceptors (Lipinski definition) is 5. The lowest BCUT2D eigenvalue weighted by Crippen LogP contribution is -2.50. The molecule has 0 bridgehead atoms. The van der Waals surface area contributed by atoms with Gasteiger partial charge >= 0.3 is 0 Å². The molecule has 0 aliphatic heterocycles. The summed E-state index contributed by atoms with van der Waals surface area (Å²) in [6.45, 7) is 5.39. The molecule has 2 atom stereocenters. The van der Waals surface area contributed by atoms with Crippen molar-refractivity contribution >= 4 is 35.0 Å². The summed E-state index contributed by atoms with van der Waals surface area (Å²) < 4.78 is 16.2. The standard InChI is InChI=1S/C24H30Cl2N2O5/c1-6-15(2)27-24(30)16(3)28(13-17-7-8-18(25)9-22(17)26)23(29)14-33-21-11-19(31-4)10-20(12-21)32-5/h7-12,15-16H,6,13-14H2,1-5H3,(H,27,30)/t15-,16-/m1/s1. The molecule has 2 aromatic rings. The number of methoxy groups -OCH3 is 2. The van der Waals surface area contributed by atoms with Crippen molar-refractivity contribution in [1.82, 2.24) is 10.2 Å². The van der Waals surface area contributed by atoms with E-state index in [0.29, 0.717) is 32.9 Å². The van der Waals surface area contributed by atoms with E-state index in [1.54, 1.807) is 43.3 Å². The van der Waals surface area contributed by atoms with Gasteiger partial charge in [0.05, 0.1) is 14.2 Å². The minimum atomic E-state index is -0.748. The first-order valence-corrected chi connectivity index (χ1v) is 11.3. The molecule has 0 saturated carbocycles. The highest BCUT2D eigenvalue weighted by Gasteiger charge is 2.28. The number of rotatable bonds is 11. The number of hydrogen-bond donors (Lipinski definition) is 1. The fraction of sp³-hybridized carbons (Fsp3) is 0.417. The lowest BCUT2D eigenvalue weighted by Gasteiger charge is -2.30. The van der Waals surface area contributed by atoms with Gasteiger partial charge in [0.1, 0.15) is 23.3 Å². The summed E-state index contributed by atoms with van der Waals surface area (Å²) in [5.41, 5.74) is 0.667. The molecule has 33 heavy (non-hydrogen) atoms. The second-order valence-electron chi connectivity index (χ2n) is 7.59. The van der Waals surface area contributed by atoms with Crippen molar-refractivity contribution in [3.05, 3.63) is 52.0 Å². The van der Waals surface area contributed by atoms with E-state index in [1.807, 2.05) is 13.8 Å². The van der Waals surface area contributed by atoms with Gasteiger partial charge in [0.2, 0.25) is 5.91 Å². The minimum Gasteiger partial charge on any atom is -0.496 e. The molecule has 9 heteroatoms. The molecule has 180 valence electrons. The number of carbonyl (C=O) groups is 2. The molecule has 2 aromatic carbocycles. The Balaban J connectivity index is 2.24. The van der Waals surface area contributed by atoms with Crippen LogP contribution in [0.25, 0.3) is 0 Å². The van der Waals surface area contributed by atoms with Crippen molar-refractivity contribution in [2.45, 2.75) is 45.8 Å². The molecule has 0 aromatic heterocycles. The van der Waals surface area contributed by atoms with E-state index in [9.17, 15) is 9.59 Å². The van der Waals surface area contributed by atoms with Crippen LogP contribution in [-0.4, -0.2) is 49.6 Å². The van der Waals surface area contributed by atoms with Crippen molar-refractivity contribution in [2.75, 3.05) is 20.8 Å². The van der Waals surface area contributed by atoms with Crippen LogP contribution < -0.4 is 19.5 Å². The first-order chi connectivity index (χ1) is 15.7. The highest BCUT2D eigenvalue weighted by molar-refractivity contribution is 6.35. The van der Waals surface area contributed by atoms with Gasteiger partial charge in [-0.15, -0.1) is 0 Å². The van der Waals surface area contributed by atoms with Crippen LogP contribution in [0.15, 0.2) is 36.4 Å². The molecule has 0 heterocycles. The number of nitrogens with zero attached hydrogens (tertiary/aromatic N) is 1. The quantitative estimate of drug-likeness (QED) is 0.486. The molecular weight excluding hydrogens is 467 g/mol. The van der Waals surface area contributed by atoms with E-state index in [-0.39, 0.29) is 31.0 Å². The third kappa shape index (κ3) is 7.72. The smallest absolute Gasteiger partial charge is 0.261 e. The van der Waals surface area contributed by atoms with Crippen LogP contribution in [-0.2, 0) is 16.1 Å². The van der Waals surface area contributed by atoms with Gasteiger partial charge in [-0.2, -0.15) is 0 Å². The number of carbonyl (C=O) groups excluding carboxylic acids is 2. The highest BCUT2D eigenvalue weighted by atomic mass is 35.5. The Morgan fingerprint density at radius 1 is 1.00 bits per heavy atom. The Labute approximate surface area is 204 Å². The van der Waals surface area contributed by atoms with E-state index in [4.69, 9.17) is 37.4 Å². The maximum absolute atomic E-state index is 13.2. The van der Waals surface area contributed by atoms with E-state index in [2.05, 4.69) is 5.32 Å². The monoisotopic (exact) mass is 496 g/mol. The van der Waals surface area contributed by atoms with Gasteiger partial charge in [-0.25, -0.2) is 0 Å². The molecule has 2 amide bonds. The van der Waals surface area contributed by atoms with Gasteiger partial charge in [-0.1, -0.05) is 36.2 Å². The average Bonchev–Trinajstić information content (AvgIpc) is 2.81. The van der Waals surface area contributed by atoms with Gasteiger partial charge in [-0.3, -0.25) is 9.59 Å². The summed E-state index contributed by atoms with van der Waals surface area (Å²) in [5.74, 6) is 0.826. The Morgan fingerprint density at radius 2 is 1.61 bits per heavy atom. The van der Waals surface area contributed by atoms with Crippen LogP contribution in [0.2, 0.25) is 10.0 Å². The molecule has 0 fully saturated rings. The van der Waals surface area contributed by atoms with Gasteiger partial charge in [0.25, 0.3) is 5.91 Å². The zero-order valence-corrected chi connectivity index (χ0v) is 21.0. The maximum Gasteiger partial charge on any atom is 0.261 e. The second-order valence-corrected chi connectivity index (χ2v) is 8.43. The zero-order chi connectivity index (χ0) is 24.5. The lowest BCUT2D eigenvalue weighted by atomic mass is 10.1. The molecule has 0 saturated heterocycles. The van der Waals surface area contributed by atoms with Crippen LogP contribution in [0.4, 0.5) is 0 Å². The summed E-state index contributed by atoms with van der Waals surface area (Å²) in [7, 11) is 3.05. The Kier molecular flexibility index (Phi) is 10.1. The molecule has 1 N–H and O–H groups in total. The Hall–Kier alpha value is -2.64. The van der Waals surface area contributed by atoms with Crippen LogP contribution in [0.5, 0.6) is 17.2 Å². The minimum absolute atomic E-state index is 0.0171. The largest absolute Gasteiger partial charge is 0.496 e. The van der Waals surface area contributed by atoms with Gasteiger partial charge in [0, 0.05) is 40.8 Å². The number of nitrogens with one attached hydrogen (secondary N) is 1. The third-order valence-corrected chi connectivity index (χ3v) is 5.80. The van der Waals surface area contributed by atoms with Crippen LogP contribution in [0.1, 0.15) is 32.8 Å². The summed E-state index contributed by atoms with van der Waals surface area (Å²) in [5, 5.41) is 3.81. The molecule has 7 nitrogen and oxygen atoms in total. The third-order valence-electron chi connectivity index (χ3n) is 5.21. The molecule has 0 spiro atoms. The molecule has 0 aliphatic rings. The van der Waals surface area contributed by atoms with Gasteiger partial charge < -0.3 is 24.4 Å². The van der Waals surface area contributed by atoms with Crippen molar-refractivity contribution in [1.29, 1.82) is 0 Å². The number of amides is 2. The predicted molar refractivity (Wildman–Crippen MR) is 129 cm³/mol. The number of halogens is 2. The van der Waals surface area contributed by atoms with E-state index in [0.717, 1.165) is 6.42 Å². The van der Waals surface area contributed by atoms with Gasteiger partial charge in [0.15, 0.2) is 6.61 Å². The summed E-state index contributed by atoms with van der Waals surface area (Å²) in [6, 6.07) is 9.25. The molecule has 0 aliphatic carbocycles. The predicted octanol–water partition coefficient (Wildman–Crippen LogP) is 4.72. The average molecular weight is 497 g/mol. The Bertz CT molecular complexity index is 948. The van der Waals surface area contributed by atoms with Crippen LogP contribution in [0.3, 0.4) is 0 Å². The molecular formula is C24H30Cl2N2O5. The fourth-order valence-corrected chi connectivity index (χ4v) is 3.44. The maximum atomic E-state index is 13.2. The van der Waals surface area contributed by atoms with Crippen molar-refractivity contribution in [3.63, 3.8) is 0 Å². The van der Waals surface area contributed by atoms with Crippen molar-refractivity contribution in [2.24, 2.45) is 0 Å². The molecule has 0 radical (unpaired) electrons. The summed E-state index contributed by atoms with van der Waals surface area (Å²) in [6.07, 6.45) is 0.774. The molecule has 2 rings (SSSR count). The van der Waals surface area contributed by atoms with E-state index >= 15 is 0 Å². The Morgan fingerprint density at radius 3 is 2.15 bits per heavy atom. The number of ether oxygens (including phenoxy) is 3. The second kappa shape index (κ2) is 12.6. The highest BCUT2D eigenvalue weighted by Crippen LogP contribution is 2.28. The lowest BCUT2D eigenvalue weighted by molar-refractivity contribution is -0.142. The van der Waals surface area contributed by atoms with E-state index in [1.165, 1.54) is 19.1 Å². The zero-order valence-electron chi connectivity index (χ0n) is 19.5. The fourth-order valence-electron chi connectivity index (χ4n) is 2.97. The van der Waals surface area contributed by atoms with Crippen molar-refractivity contribution < 1.29 is 23.8 Å². The van der Waals surface area contributed by atoms with Crippen LogP contribution >= 0.6 is 23.2 Å². The topological polar surface area (TPSA) is 77.1 Å². The first kappa shape index (κ1) is 26.6. The van der Waals surface area contributed by atoms with Gasteiger partial charge in [-0.05, 0) is 38.0 Å².